The van der Waals surface area contributed by atoms with E-state index in [4.69, 9.17) is 0 Å². The third-order valence-corrected chi connectivity index (χ3v) is 5.80. The maximum atomic E-state index is 12.3. The SMILES string of the molecule is C[C@H]1[C@H](S(=O)(=O)c2ccccc2)CC[C@@H]1O. The second-order valence-corrected chi connectivity index (χ2v) is 6.57. The molecule has 1 fully saturated rings. The Labute approximate surface area is 96.0 Å². The third-order valence-electron chi connectivity index (χ3n) is 3.41. The van der Waals surface area contributed by atoms with Crippen LogP contribution in [0.1, 0.15) is 19.8 Å². The van der Waals surface area contributed by atoms with E-state index in [-0.39, 0.29) is 5.92 Å². The standard InChI is InChI=1S/C12H16O3S/c1-9-11(13)7-8-12(9)16(14,15)10-5-3-2-4-6-10/h2-6,9,11-13H,7-8H2,1H3/t9-,11+,12-/m1/s1. The average molecular weight is 240 g/mol. The van der Waals surface area contributed by atoms with Gasteiger partial charge in [-0.3, -0.25) is 0 Å². The van der Waals surface area contributed by atoms with Gasteiger partial charge in [-0.25, -0.2) is 8.42 Å². The first-order valence-electron chi connectivity index (χ1n) is 5.50. The van der Waals surface area contributed by atoms with Crippen LogP contribution in [0.15, 0.2) is 35.2 Å². The Morgan fingerprint density at radius 1 is 1.19 bits per heavy atom. The van der Waals surface area contributed by atoms with Crippen LogP contribution in [-0.2, 0) is 9.84 Å². The molecule has 0 amide bonds. The summed E-state index contributed by atoms with van der Waals surface area (Å²) in [7, 11) is -3.28. The molecule has 0 spiro atoms. The molecule has 0 saturated heterocycles. The molecule has 1 aliphatic rings. The fourth-order valence-electron chi connectivity index (χ4n) is 2.33. The Kier molecular flexibility index (Phi) is 3.04. The number of aliphatic hydroxyl groups is 1. The van der Waals surface area contributed by atoms with Crippen LogP contribution in [0.5, 0.6) is 0 Å². The maximum absolute atomic E-state index is 12.3. The Hall–Kier alpha value is -0.870. The molecule has 3 atom stereocenters. The summed E-state index contributed by atoms with van der Waals surface area (Å²) in [5.74, 6) is -0.176. The number of sulfone groups is 1. The Balaban J connectivity index is 2.34. The number of aliphatic hydroxyl groups excluding tert-OH is 1. The average Bonchev–Trinajstić information content (AvgIpc) is 2.61. The molecular weight excluding hydrogens is 224 g/mol. The smallest absolute Gasteiger partial charge is 0.181 e. The van der Waals surface area contributed by atoms with Crippen LogP contribution < -0.4 is 0 Å². The molecule has 1 aliphatic carbocycles. The van der Waals surface area contributed by atoms with E-state index in [0.717, 1.165) is 0 Å². The molecule has 1 aromatic carbocycles. The molecule has 4 heteroatoms. The number of rotatable bonds is 2. The van der Waals surface area contributed by atoms with Gasteiger partial charge in [-0.1, -0.05) is 25.1 Å². The lowest BCUT2D eigenvalue weighted by Gasteiger charge is -2.17. The van der Waals surface area contributed by atoms with Crippen molar-refractivity contribution >= 4 is 9.84 Å². The normalized spacial score (nSPS) is 30.5. The first-order valence-corrected chi connectivity index (χ1v) is 7.05. The van der Waals surface area contributed by atoms with Crippen molar-refractivity contribution in [2.75, 3.05) is 0 Å². The van der Waals surface area contributed by atoms with Crippen LogP contribution in [0.3, 0.4) is 0 Å². The Morgan fingerprint density at radius 2 is 1.81 bits per heavy atom. The van der Waals surface area contributed by atoms with Crippen molar-refractivity contribution in [1.29, 1.82) is 0 Å². The first-order chi connectivity index (χ1) is 7.53. The number of hydrogen-bond acceptors (Lipinski definition) is 3. The summed E-state index contributed by atoms with van der Waals surface area (Å²) in [6.45, 7) is 1.81. The van der Waals surface area contributed by atoms with E-state index in [1.807, 2.05) is 6.92 Å². The second kappa shape index (κ2) is 4.18. The van der Waals surface area contributed by atoms with Gasteiger partial charge in [-0.05, 0) is 30.9 Å². The minimum Gasteiger partial charge on any atom is -0.393 e. The van der Waals surface area contributed by atoms with Gasteiger partial charge in [0, 0.05) is 0 Å². The molecule has 0 aromatic heterocycles. The molecule has 0 heterocycles. The first kappa shape index (κ1) is 11.6. The molecular formula is C12H16O3S. The van der Waals surface area contributed by atoms with Gasteiger partial charge < -0.3 is 5.11 Å². The van der Waals surface area contributed by atoms with Crippen molar-refractivity contribution in [2.45, 2.75) is 36.0 Å². The van der Waals surface area contributed by atoms with Crippen molar-refractivity contribution in [3.63, 3.8) is 0 Å². The molecule has 1 aromatic rings. The molecule has 0 unspecified atom stereocenters. The van der Waals surface area contributed by atoms with Gasteiger partial charge in [0.2, 0.25) is 0 Å². The van der Waals surface area contributed by atoms with E-state index in [0.29, 0.717) is 17.7 Å². The van der Waals surface area contributed by atoms with Gasteiger partial charge in [0.1, 0.15) is 0 Å². The zero-order chi connectivity index (χ0) is 11.8. The highest BCUT2D eigenvalue weighted by molar-refractivity contribution is 7.92. The Bertz CT molecular complexity index is 452. The topological polar surface area (TPSA) is 54.4 Å². The second-order valence-electron chi connectivity index (χ2n) is 4.40. The molecule has 1 saturated carbocycles. The highest BCUT2D eigenvalue weighted by atomic mass is 32.2. The van der Waals surface area contributed by atoms with Crippen LogP contribution in [0.2, 0.25) is 0 Å². The van der Waals surface area contributed by atoms with Gasteiger partial charge in [-0.15, -0.1) is 0 Å². The van der Waals surface area contributed by atoms with Crippen LogP contribution in [0.4, 0.5) is 0 Å². The molecule has 16 heavy (non-hydrogen) atoms. The largest absolute Gasteiger partial charge is 0.393 e. The molecule has 0 radical (unpaired) electrons. The number of benzene rings is 1. The van der Waals surface area contributed by atoms with Gasteiger partial charge in [-0.2, -0.15) is 0 Å². The van der Waals surface area contributed by atoms with Crippen molar-refractivity contribution in [2.24, 2.45) is 5.92 Å². The fraction of sp³-hybridized carbons (Fsp3) is 0.500. The third kappa shape index (κ3) is 1.87. The zero-order valence-corrected chi connectivity index (χ0v) is 10.0. The summed E-state index contributed by atoms with van der Waals surface area (Å²) in [6.07, 6.45) is 0.653. The van der Waals surface area contributed by atoms with Crippen molar-refractivity contribution in [3.05, 3.63) is 30.3 Å². The molecule has 0 aliphatic heterocycles. The summed E-state index contributed by atoms with van der Waals surface area (Å²) < 4.78 is 24.6. The van der Waals surface area contributed by atoms with Crippen LogP contribution >= 0.6 is 0 Å². The Morgan fingerprint density at radius 3 is 2.31 bits per heavy atom. The van der Waals surface area contributed by atoms with Crippen LogP contribution in [0.25, 0.3) is 0 Å². The van der Waals surface area contributed by atoms with Crippen LogP contribution in [0, 0.1) is 5.92 Å². The van der Waals surface area contributed by atoms with E-state index in [1.165, 1.54) is 0 Å². The highest BCUT2D eigenvalue weighted by Gasteiger charge is 2.40. The highest BCUT2D eigenvalue weighted by Crippen LogP contribution is 2.34. The number of hydrogen-bond donors (Lipinski definition) is 1. The zero-order valence-electron chi connectivity index (χ0n) is 9.20. The molecule has 0 bridgehead atoms. The van der Waals surface area contributed by atoms with E-state index >= 15 is 0 Å². The van der Waals surface area contributed by atoms with Crippen LogP contribution in [-0.4, -0.2) is 24.9 Å². The maximum Gasteiger partial charge on any atom is 0.181 e. The predicted octanol–water partition coefficient (Wildman–Crippen LogP) is 1.62. The molecule has 1 N–H and O–H groups in total. The molecule has 3 nitrogen and oxygen atoms in total. The van der Waals surface area contributed by atoms with Gasteiger partial charge in [0.05, 0.1) is 16.2 Å². The minimum absolute atomic E-state index is 0.176. The van der Waals surface area contributed by atoms with E-state index in [2.05, 4.69) is 0 Å². The molecule has 88 valence electrons. The quantitative estimate of drug-likeness (QED) is 0.854. The molecule has 2 rings (SSSR count). The summed E-state index contributed by atoms with van der Waals surface area (Å²) in [6, 6.07) is 8.48. The lowest BCUT2D eigenvalue weighted by molar-refractivity contribution is 0.142. The summed E-state index contributed by atoms with van der Waals surface area (Å²) in [5, 5.41) is 9.17. The van der Waals surface area contributed by atoms with E-state index < -0.39 is 21.2 Å². The lowest BCUT2D eigenvalue weighted by atomic mass is 10.1. The van der Waals surface area contributed by atoms with Gasteiger partial charge in [0.25, 0.3) is 0 Å². The summed E-state index contributed by atoms with van der Waals surface area (Å²) in [4.78, 5) is 0.362. The van der Waals surface area contributed by atoms with E-state index in [1.54, 1.807) is 30.3 Å². The monoisotopic (exact) mass is 240 g/mol. The van der Waals surface area contributed by atoms with Crippen molar-refractivity contribution < 1.29 is 13.5 Å². The van der Waals surface area contributed by atoms with E-state index in [9.17, 15) is 13.5 Å². The van der Waals surface area contributed by atoms with Crippen molar-refractivity contribution in [3.8, 4) is 0 Å². The summed E-state index contributed by atoms with van der Waals surface area (Å²) >= 11 is 0. The van der Waals surface area contributed by atoms with Crippen molar-refractivity contribution in [1.82, 2.24) is 0 Å². The minimum atomic E-state index is -3.28. The summed E-state index contributed by atoms with van der Waals surface area (Å²) in [5.41, 5.74) is 0. The predicted molar refractivity (Wildman–Crippen MR) is 61.8 cm³/mol. The lowest BCUT2D eigenvalue weighted by Crippen LogP contribution is -2.27. The fourth-order valence-corrected chi connectivity index (χ4v) is 4.41. The van der Waals surface area contributed by atoms with Gasteiger partial charge >= 0.3 is 0 Å². The van der Waals surface area contributed by atoms with Gasteiger partial charge in [0.15, 0.2) is 9.84 Å².